The lowest BCUT2D eigenvalue weighted by Crippen LogP contribution is -1.96. The number of nitrogens with zero attached hydrogens (tertiary/aromatic N) is 2. The minimum atomic E-state index is 0.129. The molecule has 0 saturated heterocycles. The molecule has 0 radical (unpaired) electrons. The summed E-state index contributed by atoms with van der Waals surface area (Å²) in [6.45, 7) is 3.02. The Morgan fingerprint density at radius 2 is 1.30 bits per heavy atom. The van der Waals surface area contributed by atoms with Gasteiger partial charge >= 0.3 is 0 Å². The zero-order chi connectivity index (χ0) is 23.1. The molecular formula is C29H38N2O2. The smallest absolute Gasteiger partial charge is 0.143 e. The highest BCUT2D eigenvalue weighted by Gasteiger charge is 2.05. The minimum Gasteiger partial charge on any atom is -0.506 e. The van der Waals surface area contributed by atoms with Gasteiger partial charge in [-0.1, -0.05) is 101 Å². The molecule has 0 aromatic heterocycles. The first kappa shape index (κ1) is 24.8. The van der Waals surface area contributed by atoms with E-state index >= 15 is 0 Å². The summed E-state index contributed by atoms with van der Waals surface area (Å²) < 4.78 is 5.87. The number of hydrogen-bond acceptors (Lipinski definition) is 4. The van der Waals surface area contributed by atoms with E-state index in [0.29, 0.717) is 5.69 Å². The standard InChI is InChI=1S/C29H38N2O2/c1-2-3-4-5-6-7-8-9-10-11-14-23-33-26-20-18-25(19-21-26)30-31-29-27-16-13-12-15-24(27)17-22-28(29)32/h12-13,15-22,32H,2-11,14,23H2,1H3. The van der Waals surface area contributed by atoms with Gasteiger partial charge in [-0.2, -0.15) is 5.11 Å². The van der Waals surface area contributed by atoms with Gasteiger partial charge < -0.3 is 9.84 Å². The van der Waals surface area contributed by atoms with E-state index in [1.807, 2.05) is 54.6 Å². The van der Waals surface area contributed by atoms with Crippen LogP contribution in [0.15, 0.2) is 70.9 Å². The lowest BCUT2D eigenvalue weighted by Gasteiger charge is -2.06. The van der Waals surface area contributed by atoms with Crippen molar-refractivity contribution in [1.29, 1.82) is 0 Å². The van der Waals surface area contributed by atoms with Crippen molar-refractivity contribution in [2.24, 2.45) is 10.2 Å². The quantitative estimate of drug-likeness (QED) is 0.186. The van der Waals surface area contributed by atoms with E-state index in [0.717, 1.165) is 35.2 Å². The van der Waals surface area contributed by atoms with Gasteiger partial charge in [0.05, 0.1) is 12.3 Å². The van der Waals surface area contributed by atoms with Crippen molar-refractivity contribution >= 4 is 22.1 Å². The average molecular weight is 447 g/mol. The van der Waals surface area contributed by atoms with Gasteiger partial charge in [0, 0.05) is 5.39 Å². The number of rotatable bonds is 15. The first-order chi connectivity index (χ1) is 16.3. The van der Waals surface area contributed by atoms with Crippen LogP contribution < -0.4 is 4.74 Å². The SMILES string of the molecule is CCCCCCCCCCCCCOc1ccc(N=Nc2c(O)ccc3ccccc23)cc1. The molecule has 176 valence electrons. The number of fused-ring (bicyclic) bond motifs is 1. The second-order valence-corrected chi connectivity index (χ2v) is 8.73. The van der Waals surface area contributed by atoms with Crippen LogP contribution in [0, 0.1) is 0 Å². The molecule has 0 aliphatic heterocycles. The van der Waals surface area contributed by atoms with Crippen molar-refractivity contribution in [2.75, 3.05) is 6.61 Å². The van der Waals surface area contributed by atoms with Crippen LogP contribution in [0.3, 0.4) is 0 Å². The number of phenols is 1. The summed E-state index contributed by atoms with van der Waals surface area (Å²) in [5.74, 6) is 0.985. The van der Waals surface area contributed by atoms with E-state index in [2.05, 4.69) is 17.2 Å². The third-order valence-electron chi connectivity index (χ3n) is 6.00. The number of aromatic hydroxyl groups is 1. The molecule has 0 aliphatic carbocycles. The van der Waals surface area contributed by atoms with Gasteiger partial charge in [0.25, 0.3) is 0 Å². The predicted molar refractivity (Wildman–Crippen MR) is 138 cm³/mol. The highest BCUT2D eigenvalue weighted by Crippen LogP contribution is 2.36. The molecule has 1 N–H and O–H groups in total. The van der Waals surface area contributed by atoms with E-state index in [1.54, 1.807) is 6.07 Å². The van der Waals surface area contributed by atoms with Gasteiger partial charge in [0.1, 0.15) is 17.2 Å². The molecule has 0 spiro atoms. The Kier molecular flexibility index (Phi) is 10.7. The van der Waals surface area contributed by atoms with Gasteiger partial charge in [-0.25, -0.2) is 0 Å². The van der Waals surface area contributed by atoms with Crippen molar-refractivity contribution in [1.82, 2.24) is 0 Å². The van der Waals surface area contributed by atoms with Crippen LogP contribution in [0.2, 0.25) is 0 Å². The van der Waals surface area contributed by atoms with Gasteiger partial charge in [-0.15, -0.1) is 5.11 Å². The summed E-state index contributed by atoms with van der Waals surface area (Å²) in [7, 11) is 0. The van der Waals surface area contributed by atoms with E-state index in [9.17, 15) is 5.11 Å². The van der Waals surface area contributed by atoms with Crippen LogP contribution >= 0.6 is 0 Å². The monoisotopic (exact) mass is 446 g/mol. The predicted octanol–water partition coefficient (Wildman–Crippen LogP) is 9.65. The summed E-state index contributed by atoms with van der Waals surface area (Å²) in [6, 6.07) is 19.0. The number of azo groups is 1. The Morgan fingerprint density at radius 1 is 0.667 bits per heavy atom. The van der Waals surface area contributed by atoms with E-state index in [1.165, 1.54) is 64.2 Å². The van der Waals surface area contributed by atoms with Crippen molar-refractivity contribution in [2.45, 2.75) is 77.6 Å². The second kappa shape index (κ2) is 14.3. The number of hydrogen-bond donors (Lipinski definition) is 1. The van der Waals surface area contributed by atoms with Crippen LogP contribution in [0.5, 0.6) is 11.5 Å². The van der Waals surface area contributed by atoms with E-state index in [-0.39, 0.29) is 5.75 Å². The number of unbranched alkanes of at least 4 members (excludes halogenated alkanes) is 10. The lowest BCUT2D eigenvalue weighted by atomic mass is 10.1. The molecule has 4 heteroatoms. The normalized spacial score (nSPS) is 11.4. The zero-order valence-corrected chi connectivity index (χ0v) is 20.0. The van der Waals surface area contributed by atoms with Crippen molar-refractivity contribution in [3.05, 3.63) is 60.7 Å². The first-order valence-electron chi connectivity index (χ1n) is 12.6. The van der Waals surface area contributed by atoms with Crippen molar-refractivity contribution < 1.29 is 9.84 Å². The first-order valence-corrected chi connectivity index (χ1v) is 12.6. The van der Waals surface area contributed by atoms with Crippen LogP contribution in [-0.4, -0.2) is 11.7 Å². The highest BCUT2D eigenvalue weighted by atomic mass is 16.5. The van der Waals surface area contributed by atoms with Gasteiger partial charge in [0.15, 0.2) is 0 Å². The third kappa shape index (κ3) is 8.53. The topological polar surface area (TPSA) is 54.2 Å². The maximum Gasteiger partial charge on any atom is 0.143 e. The van der Waals surface area contributed by atoms with Crippen LogP contribution in [-0.2, 0) is 0 Å². The molecule has 4 nitrogen and oxygen atoms in total. The van der Waals surface area contributed by atoms with Gasteiger partial charge in [-0.3, -0.25) is 0 Å². The fraction of sp³-hybridized carbons (Fsp3) is 0.448. The molecule has 0 aliphatic rings. The maximum atomic E-state index is 10.2. The van der Waals surface area contributed by atoms with E-state index in [4.69, 9.17) is 4.74 Å². The summed E-state index contributed by atoms with van der Waals surface area (Å²) in [6.07, 6.45) is 14.7. The van der Waals surface area contributed by atoms with Crippen molar-refractivity contribution in [3.8, 4) is 11.5 Å². The third-order valence-corrected chi connectivity index (χ3v) is 6.00. The van der Waals surface area contributed by atoms with Crippen LogP contribution in [0.25, 0.3) is 10.8 Å². The highest BCUT2D eigenvalue weighted by molar-refractivity contribution is 5.95. The largest absolute Gasteiger partial charge is 0.506 e. The summed E-state index contributed by atoms with van der Waals surface area (Å²) in [4.78, 5) is 0. The molecule has 3 aromatic carbocycles. The Balaban J connectivity index is 1.34. The molecular weight excluding hydrogens is 408 g/mol. The Hall–Kier alpha value is -2.88. The molecule has 0 fully saturated rings. The molecule has 0 atom stereocenters. The fourth-order valence-corrected chi connectivity index (χ4v) is 4.02. The summed E-state index contributed by atoms with van der Waals surface area (Å²) in [5.41, 5.74) is 1.22. The molecule has 0 bridgehead atoms. The lowest BCUT2D eigenvalue weighted by molar-refractivity contribution is 0.304. The molecule has 0 unspecified atom stereocenters. The minimum absolute atomic E-state index is 0.129. The van der Waals surface area contributed by atoms with Crippen LogP contribution in [0.1, 0.15) is 77.6 Å². The average Bonchev–Trinajstić information content (AvgIpc) is 2.85. The van der Waals surface area contributed by atoms with Crippen molar-refractivity contribution in [3.63, 3.8) is 0 Å². The number of benzene rings is 3. The Labute approximate surface area is 198 Å². The number of phenolic OH excluding ortho intramolecular Hbond substituents is 1. The molecule has 3 rings (SSSR count). The van der Waals surface area contributed by atoms with E-state index < -0.39 is 0 Å². The molecule has 0 heterocycles. The van der Waals surface area contributed by atoms with Gasteiger partial charge in [0.2, 0.25) is 0 Å². The molecule has 0 amide bonds. The van der Waals surface area contributed by atoms with Gasteiger partial charge in [-0.05, 0) is 42.1 Å². The summed E-state index contributed by atoms with van der Waals surface area (Å²) in [5, 5.41) is 20.7. The zero-order valence-electron chi connectivity index (χ0n) is 20.0. The molecule has 0 saturated carbocycles. The summed E-state index contributed by atoms with van der Waals surface area (Å²) >= 11 is 0. The fourth-order valence-electron chi connectivity index (χ4n) is 4.02. The second-order valence-electron chi connectivity index (χ2n) is 8.73. The van der Waals surface area contributed by atoms with Crippen LogP contribution in [0.4, 0.5) is 11.4 Å². The maximum absolute atomic E-state index is 10.2. The Bertz CT molecular complexity index is 983. The Morgan fingerprint density at radius 3 is 2.00 bits per heavy atom. The molecule has 33 heavy (non-hydrogen) atoms. The number of ether oxygens (including phenoxy) is 1. The molecule has 3 aromatic rings.